The van der Waals surface area contributed by atoms with Crippen LogP contribution in [0.5, 0.6) is 11.5 Å². The van der Waals surface area contributed by atoms with Crippen molar-refractivity contribution < 1.29 is 19.4 Å². The van der Waals surface area contributed by atoms with Gasteiger partial charge >= 0.3 is 5.97 Å². The molecule has 6 nitrogen and oxygen atoms in total. The molecule has 1 aromatic heterocycles. The third-order valence-corrected chi connectivity index (χ3v) is 7.29. The van der Waals surface area contributed by atoms with Gasteiger partial charge in [0.05, 0.1) is 21.4 Å². The van der Waals surface area contributed by atoms with E-state index in [4.69, 9.17) is 33.0 Å². The zero-order valence-corrected chi connectivity index (χ0v) is 20.2. The SMILES string of the molecule is O=C(O)C=Cc1cc(Cl)c(Oc2ccsc2C(=O)N2CCN(C3CC3)c3ccccc32)cc1Cl. The minimum atomic E-state index is -1.09. The van der Waals surface area contributed by atoms with E-state index in [1.54, 1.807) is 16.3 Å². The van der Waals surface area contributed by atoms with Crippen molar-refractivity contribution in [2.45, 2.75) is 18.9 Å². The highest BCUT2D eigenvalue weighted by molar-refractivity contribution is 7.12. The van der Waals surface area contributed by atoms with Gasteiger partial charge in [0.2, 0.25) is 0 Å². The normalized spacial score (nSPS) is 15.5. The number of thiophene rings is 1. The average Bonchev–Trinajstić information content (AvgIpc) is 3.57. The third-order valence-electron chi connectivity index (χ3n) is 5.78. The van der Waals surface area contributed by atoms with Crippen molar-refractivity contribution in [1.29, 1.82) is 0 Å². The highest BCUT2D eigenvalue weighted by atomic mass is 35.5. The number of hydrogen-bond donors (Lipinski definition) is 1. The summed E-state index contributed by atoms with van der Waals surface area (Å²) in [6.07, 6.45) is 4.73. The second-order valence-electron chi connectivity index (χ2n) is 8.06. The minimum Gasteiger partial charge on any atom is -0.478 e. The van der Waals surface area contributed by atoms with Crippen molar-refractivity contribution in [1.82, 2.24) is 0 Å². The molecule has 34 heavy (non-hydrogen) atoms. The van der Waals surface area contributed by atoms with Gasteiger partial charge in [0, 0.05) is 31.3 Å². The topological polar surface area (TPSA) is 70.1 Å². The fraction of sp³-hybridized carbons (Fsp3) is 0.200. The minimum absolute atomic E-state index is 0.129. The number of carboxylic acids is 1. The van der Waals surface area contributed by atoms with Gasteiger partial charge in [-0.15, -0.1) is 11.3 Å². The van der Waals surface area contributed by atoms with Crippen LogP contribution in [-0.4, -0.2) is 36.1 Å². The summed E-state index contributed by atoms with van der Waals surface area (Å²) >= 11 is 14.0. The lowest BCUT2D eigenvalue weighted by molar-refractivity contribution is -0.131. The summed E-state index contributed by atoms with van der Waals surface area (Å²) in [7, 11) is 0. The number of hydrogen-bond acceptors (Lipinski definition) is 5. The number of carbonyl (C=O) groups excluding carboxylic acids is 1. The molecule has 2 aromatic carbocycles. The summed E-state index contributed by atoms with van der Waals surface area (Å²) in [4.78, 5) is 29.1. The summed E-state index contributed by atoms with van der Waals surface area (Å²) in [5.74, 6) is -0.543. The molecule has 1 N–H and O–H groups in total. The molecule has 1 amide bonds. The van der Waals surface area contributed by atoms with Crippen LogP contribution in [-0.2, 0) is 4.79 Å². The van der Waals surface area contributed by atoms with Crippen LogP contribution in [0.25, 0.3) is 6.08 Å². The maximum atomic E-state index is 13.6. The van der Waals surface area contributed by atoms with Crippen molar-refractivity contribution in [3.63, 3.8) is 0 Å². The highest BCUT2D eigenvalue weighted by Gasteiger charge is 2.36. The number of benzene rings is 2. The van der Waals surface area contributed by atoms with Gasteiger partial charge in [-0.05, 0) is 54.1 Å². The molecule has 0 saturated heterocycles. The zero-order valence-electron chi connectivity index (χ0n) is 17.9. The van der Waals surface area contributed by atoms with Crippen LogP contribution in [0, 0.1) is 0 Å². The van der Waals surface area contributed by atoms with E-state index in [9.17, 15) is 9.59 Å². The van der Waals surface area contributed by atoms with E-state index in [1.165, 1.54) is 42.4 Å². The number of rotatable bonds is 6. The van der Waals surface area contributed by atoms with Gasteiger partial charge in [-0.3, -0.25) is 4.79 Å². The quantitative estimate of drug-likeness (QED) is 0.376. The molecular weight excluding hydrogens is 495 g/mol. The molecule has 2 heterocycles. The standard InChI is InChI=1S/C25H20Cl2N2O4S/c26-17-14-22(18(27)13-15(17)5-8-23(30)31)33-21-9-12-34-24(21)25(32)29-11-10-28(16-6-7-16)19-3-1-2-4-20(19)29/h1-5,8-9,12-14,16H,6-7,10-11H2,(H,30,31). The van der Waals surface area contributed by atoms with Gasteiger partial charge in [0.25, 0.3) is 5.91 Å². The number of anilines is 2. The highest BCUT2D eigenvalue weighted by Crippen LogP contribution is 2.42. The van der Waals surface area contributed by atoms with E-state index < -0.39 is 5.97 Å². The fourth-order valence-corrected chi connectivity index (χ4v) is 5.24. The first-order chi connectivity index (χ1) is 16.4. The molecule has 0 spiro atoms. The monoisotopic (exact) mass is 514 g/mol. The first-order valence-corrected chi connectivity index (χ1v) is 12.4. The van der Waals surface area contributed by atoms with E-state index >= 15 is 0 Å². The Morgan fingerprint density at radius 2 is 1.79 bits per heavy atom. The van der Waals surface area contributed by atoms with Crippen molar-refractivity contribution in [3.05, 3.63) is 74.4 Å². The number of fused-ring (bicyclic) bond motifs is 1. The molecule has 0 bridgehead atoms. The lowest BCUT2D eigenvalue weighted by Gasteiger charge is -2.37. The molecule has 0 radical (unpaired) electrons. The van der Waals surface area contributed by atoms with Crippen LogP contribution in [0.2, 0.25) is 10.0 Å². The molecule has 174 valence electrons. The van der Waals surface area contributed by atoms with Crippen LogP contribution in [0.4, 0.5) is 11.4 Å². The maximum absolute atomic E-state index is 13.6. The Kier molecular flexibility index (Phi) is 6.25. The smallest absolute Gasteiger partial charge is 0.328 e. The molecular formula is C25H20Cl2N2O4S. The molecule has 0 unspecified atom stereocenters. The number of amides is 1. The summed E-state index contributed by atoms with van der Waals surface area (Å²) < 4.78 is 6.01. The Labute approximate surface area is 210 Å². The summed E-state index contributed by atoms with van der Waals surface area (Å²) in [6.45, 7) is 1.39. The van der Waals surface area contributed by atoms with Gasteiger partial charge in [-0.1, -0.05) is 35.3 Å². The van der Waals surface area contributed by atoms with E-state index in [0.29, 0.717) is 28.8 Å². The molecule has 9 heteroatoms. The molecule has 3 aromatic rings. The Morgan fingerprint density at radius 3 is 2.53 bits per heavy atom. The van der Waals surface area contributed by atoms with Crippen LogP contribution < -0.4 is 14.5 Å². The molecule has 0 atom stereocenters. The molecule has 1 saturated carbocycles. The van der Waals surface area contributed by atoms with E-state index in [-0.39, 0.29) is 21.7 Å². The van der Waals surface area contributed by atoms with Crippen LogP contribution in [0.15, 0.2) is 53.9 Å². The largest absolute Gasteiger partial charge is 0.478 e. The molecule has 1 aliphatic carbocycles. The molecule has 1 aliphatic heterocycles. The maximum Gasteiger partial charge on any atom is 0.328 e. The van der Waals surface area contributed by atoms with Crippen LogP contribution >= 0.6 is 34.5 Å². The second-order valence-corrected chi connectivity index (χ2v) is 9.79. The van der Waals surface area contributed by atoms with Crippen molar-refractivity contribution in [2.24, 2.45) is 0 Å². The summed E-state index contributed by atoms with van der Waals surface area (Å²) in [5, 5.41) is 11.2. The summed E-state index contributed by atoms with van der Waals surface area (Å²) in [6, 6.07) is 13.3. The Hall–Kier alpha value is -3.00. The first-order valence-electron chi connectivity index (χ1n) is 10.8. The number of para-hydroxylation sites is 2. The van der Waals surface area contributed by atoms with Crippen molar-refractivity contribution in [3.8, 4) is 11.5 Å². The number of halogens is 2. The van der Waals surface area contributed by atoms with Gasteiger partial charge in [0.1, 0.15) is 10.6 Å². The van der Waals surface area contributed by atoms with Crippen LogP contribution in [0.1, 0.15) is 28.1 Å². The first kappa shape index (κ1) is 22.8. The number of nitrogens with zero attached hydrogens (tertiary/aromatic N) is 2. The Morgan fingerprint density at radius 1 is 1.03 bits per heavy atom. The third kappa shape index (κ3) is 4.51. The van der Waals surface area contributed by atoms with Crippen LogP contribution in [0.3, 0.4) is 0 Å². The van der Waals surface area contributed by atoms with Crippen molar-refractivity contribution >= 4 is 63.9 Å². The fourth-order valence-electron chi connectivity index (χ4n) is 4.05. The van der Waals surface area contributed by atoms with Crippen molar-refractivity contribution in [2.75, 3.05) is 22.9 Å². The molecule has 1 fully saturated rings. The summed E-state index contributed by atoms with van der Waals surface area (Å²) in [5.41, 5.74) is 2.44. The van der Waals surface area contributed by atoms with E-state index in [1.807, 2.05) is 18.2 Å². The average molecular weight is 515 g/mol. The predicted octanol–water partition coefficient (Wildman–Crippen LogP) is 6.57. The van der Waals surface area contributed by atoms with Gasteiger partial charge in [-0.2, -0.15) is 0 Å². The lowest BCUT2D eigenvalue weighted by atomic mass is 10.1. The van der Waals surface area contributed by atoms with E-state index in [0.717, 1.165) is 24.0 Å². The molecule has 5 rings (SSSR count). The number of carboxylic acid groups (broad SMARTS) is 1. The van der Waals surface area contributed by atoms with Gasteiger partial charge in [-0.25, -0.2) is 4.79 Å². The number of ether oxygens (including phenoxy) is 1. The number of aliphatic carboxylic acids is 1. The Bertz CT molecular complexity index is 1300. The lowest BCUT2D eigenvalue weighted by Crippen LogP contribution is -2.44. The second kappa shape index (κ2) is 9.33. The number of carbonyl (C=O) groups is 2. The Balaban J connectivity index is 1.41. The molecule has 2 aliphatic rings. The van der Waals surface area contributed by atoms with Gasteiger partial charge < -0.3 is 19.6 Å². The predicted molar refractivity (Wildman–Crippen MR) is 136 cm³/mol. The zero-order chi connectivity index (χ0) is 23.8. The van der Waals surface area contributed by atoms with Gasteiger partial charge in [0.15, 0.2) is 5.75 Å². The van der Waals surface area contributed by atoms with E-state index in [2.05, 4.69) is 11.0 Å².